The van der Waals surface area contributed by atoms with Gasteiger partial charge in [0.2, 0.25) is 0 Å². The summed E-state index contributed by atoms with van der Waals surface area (Å²) in [7, 11) is 0. The summed E-state index contributed by atoms with van der Waals surface area (Å²) < 4.78 is 2.10. The molecule has 0 aliphatic carbocycles. The highest BCUT2D eigenvalue weighted by molar-refractivity contribution is 5.22. The van der Waals surface area contributed by atoms with Crippen LogP contribution in [0.4, 0.5) is 0 Å². The second-order valence-corrected chi connectivity index (χ2v) is 5.96. The highest BCUT2D eigenvalue weighted by Crippen LogP contribution is 2.10. The Hall–Kier alpha value is -1.61. The maximum absolute atomic E-state index is 4.06. The van der Waals surface area contributed by atoms with Gasteiger partial charge >= 0.3 is 0 Å². The molecule has 1 atom stereocenters. The molecule has 1 heterocycles. The van der Waals surface area contributed by atoms with Gasteiger partial charge in [-0.3, -0.25) is 0 Å². The van der Waals surface area contributed by atoms with Crippen molar-refractivity contribution < 1.29 is 0 Å². The summed E-state index contributed by atoms with van der Waals surface area (Å²) in [6.45, 7) is 8.58. The van der Waals surface area contributed by atoms with Crippen LogP contribution in [0.25, 0.3) is 0 Å². The quantitative estimate of drug-likeness (QED) is 0.837. The van der Waals surface area contributed by atoms with E-state index < -0.39 is 0 Å². The first-order chi connectivity index (χ1) is 9.63. The normalized spacial score (nSPS) is 12.8. The van der Waals surface area contributed by atoms with Gasteiger partial charge in [-0.25, -0.2) is 4.98 Å². The molecule has 3 heteroatoms. The molecule has 0 radical (unpaired) electrons. The van der Waals surface area contributed by atoms with E-state index in [0.29, 0.717) is 12.0 Å². The van der Waals surface area contributed by atoms with E-state index in [-0.39, 0.29) is 0 Å². The second-order valence-electron chi connectivity index (χ2n) is 5.96. The van der Waals surface area contributed by atoms with Crippen molar-refractivity contribution in [1.82, 2.24) is 14.9 Å². The molecule has 0 saturated heterocycles. The molecule has 2 aromatic rings. The van der Waals surface area contributed by atoms with Crippen LogP contribution in [0.5, 0.6) is 0 Å². The predicted octanol–water partition coefficient (Wildman–Crippen LogP) is 3.26. The lowest BCUT2D eigenvalue weighted by Crippen LogP contribution is -2.29. The van der Waals surface area contributed by atoms with Gasteiger partial charge < -0.3 is 9.88 Å². The van der Waals surface area contributed by atoms with E-state index >= 15 is 0 Å². The number of rotatable bonds is 7. The van der Waals surface area contributed by atoms with Gasteiger partial charge in [0.15, 0.2) is 0 Å². The molecule has 2 rings (SSSR count). The molecule has 0 spiro atoms. The number of nitrogens with one attached hydrogen (secondary N) is 1. The van der Waals surface area contributed by atoms with Crippen LogP contribution in [0.15, 0.2) is 43.0 Å². The Morgan fingerprint density at radius 2 is 1.80 bits per heavy atom. The zero-order chi connectivity index (χ0) is 14.4. The Morgan fingerprint density at radius 1 is 1.10 bits per heavy atom. The van der Waals surface area contributed by atoms with Crippen LogP contribution < -0.4 is 5.32 Å². The first-order valence-electron chi connectivity index (χ1n) is 7.40. The zero-order valence-electron chi connectivity index (χ0n) is 12.7. The SMILES string of the molecule is CC(C)Cc1ccc(CNC(C)Cn2ccnc2)cc1. The fourth-order valence-electron chi connectivity index (χ4n) is 2.33. The molecular weight excluding hydrogens is 246 g/mol. The molecule has 1 aromatic heterocycles. The van der Waals surface area contributed by atoms with E-state index in [2.05, 4.69) is 59.9 Å². The fourth-order valence-corrected chi connectivity index (χ4v) is 2.33. The standard InChI is InChI=1S/C17H25N3/c1-14(2)10-16-4-6-17(7-5-16)11-19-15(3)12-20-9-8-18-13-20/h4-9,13-15,19H,10-12H2,1-3H3. The van der Waals surface area contributed by atoms with Crippen molar-refractivity contribution in [1.29, 1.82) is 0 Å². The molecule has 20 heavy (non-hydrogen) atoms. The van der Waals surface area contributed by atoms with Gasteiger partial charge in [-0.2, -0.15) is 0 Å². The zero-order valence-corrected chi connectivity index (χ0v) is 12.7. The number of hydrogen-bond acceptors (Lipinski definition) is 2. The molecule has 0 bridgehead atoms. The van der Waals surface area contributed by atoms with Gasteiger partial charge in [-0.15, -0.1) is 0 Å². The minimum absolute atomic E-state index is 0.430. The van der Waals surface area contributed by atoms with E-state index in [0.717, 1.165) is 19.5 Å². The van der Waals surface area contributed by atoms with Crippen molar-refractivity contribution in [2.75, 3.05) is 0 Å². The smallest absolute Gasteiger partial charge is 0.0946 e. The van der Waals surface area contributed by atoms with Crippen LogP contribution in [0.2, 0.25) is 0 Å². The number of hydrogen-bond donors (Lipinski definition) is 1. The molecule has 0 amide bonds. The van der Waals surface area contributed by atoms with Gasteiger partial charge in [0.05, 0.1) is 6.33 Å². The molecule has 0 aliphatic rings. The van der Waals surface area contributed by atoms with Crippen LogP contribution in [0.3, 0.4) is 0 Å². The molecule has 1 N–H and O–H groups in total. The number of imidazole rings is 1. The third-order valence-corrected chi connectivity index (χ3v) is 3.37. The number of benzene rings is 1. The topological polar surface area (TPSA) is 29.9 Å². The van der Waals surface area contributed by atoms with Crippen molar-refractivity contribution in [3.8, 4) is 0 Å². The minimum atomic E-state index is 0.430. The molecular formula is C17H25N3. The molecule has 0 aliphatic heterocycles. The lowest BCUT2D eigenvalue weighted by atomic mass is 10.0. The van der Waals surface area contributed by atoms with E-state index in [9.17, 15) is 0 Å². The van der Waals surface area contributed by atoms with Gasteiger partial charge in [-0.05, 0) is 30.4 Å². The van der Waals surface area contributed by atoms with Crippen molar-refractivity contribution in [3.63, 3.8) is 0 Å². The minimum Gasteiger partial charge on any atom is -0.336 e. The van der Waals surface area contributed by atoms with E-state index in [1.807, 2.05) is 18.7 Å². The highest BCUT2D eigenvalue weighted by Gasteiger charge is 2.03. The summed E-state index contributed by atoms with van der Waals surface area (Å²) in [4.78, 5) is 4.06. The molecule has 0 fully saturated rings. The van der Waals surface area contributed by atoms with E-state index in [4.69, 9.17) is 0 Å². The van der Waals surface area contributed by atoms with Crippen LogP contribution in [-0.4, -0.2) is 15.6 Å². The average molecular weight is 271 g/mol. The number of aromatic nitrogens is 2. The van der Waals surface area contributed by atoms with Crippen molar-refractivity contribution in [2.45, 2.75) is 46.3 Å². The number of nitrogens with zero attached hydrogens (tertiary/aromatic N) is 2. The van der Waals surface area contributed by atoms with Crippen molar-refractivity contribution in [2.24, 2.45) is 5.92 Å². The Morgan fingerprint density at radius 3 is 2.40 bits per heavy atom. The summed E-state index contributed by atoms with van der Waals surface area (Å²) in [5.41, 5.74) is 2.77. The Kier molecular flexibility index (Phi) is 5.36. The first kappa shape index (κ1) is 14.8. The Labute approximate surface area is 122 Å². The largest absolute Gasteiger partial charge is 0.336 e. The van der Waals surface area contributed by atoms with Gasteiger partial charge in [0, 0.05) is 31.5 Å². The lowest BCUT2D eigenvalue weighted by molar-refractivity contribution is 0.476. The third-order valence-electron chi connectivity index (χ3n) is 3.37. The van der Waals surface area contributed by atoms with Gasteiger partial charge in [0.25, 0.3) is 0 Å². The monoisotopic (exact) mass is 271 g/mol. The summed E-state index contributed by atoms with van der Waals surface area (Å²) in [6.07, 6.45) is 6.84. The molecule has 0 saturated carbocycles. The van der Waals surface area contributed by atoms with Crippen LogP contribution in [0.1, 0.15) is 31.9 Å². The average Bonchev–Trinajstić information content (AvgIpc) is 2.90. The van der Waals surface area contributed by atoms with E-state index in [1.54, 1.807) is 0 Å². The van der Waals surface area contributed by atoms with Crippen LogP contribution >= 0.6 is 0 Å². The maximum atomic E-state index is 4.06. The fraction of sp³-hybridized carbons (Fsp3) is 0.471. The molecule has 1 aromatic carbocycles. The molecule has 108 valence electrons. The summed E-state index contributed by atoms with van der Waals surface area (Å²) >= 11 is 0. The summed E-state index contributed by atoms with van der Waals surface area (Å²) in [6, 6.07) is 9.39. The third kappa shape index (κ3) is 4.82. The lowest BCUT2D eigenvalue weighted by Gasteiger charge is -2.14. The maximum Gasteiger partial charge on any atom is 0.0946 e. The van der Waals surface area contributed by atoms with Crippen molar-refractivity contribution in [3.05, 3.63) is 54.1 Å². The predicted molar refractivity (Wildman–Crippen MR) is 83.5 cm³/mol. The van der Waals surface area contributed by atoms with Crippen LogP contribution in [-0.2, 0) is 19.5 Å². The summed E-state index contributed by atoms with van der Waals surface area (Å²) in [5.74, 6) is 0.717. The highest BCUT2D eigenvalue weighted by atomic mass is 15.1. The van der Waals surface area contributed by atoms with Gasteiger partial charge in [-0.1, -0.05) is 38.1 Å². The summed E-state index contributed by atoms with van der Waals surface area (Å²) in [5, 5.41) is 3.55. The molecule has 1 unspecified atom stereocenters. The first-order valence-corrected chi connectivity index (χ1v) is 7.40. The van der Waals surface area contributed by atoms with Crippen molar-refractivity contribution >= 4 is 0 Å². The van der Waals surface area contributed by atoms with Crippen LogP contribution in [0, 0.1) is 5.92 Å². The second kappa shape index (κ2) is 7.25. The Bertz CT molecular complexity index is 485. The van der Waals surface area contributed by atoms with Gasteiger partial charge in [0.1, 0.15) is 0 Å². The molecule has 3 nitrogen and oxygen atoms in total. The Balaban J connectivity index is 1.78. The van der Waals surface area contributed by atoms with E-state index in [1.165, 1.54) is 11.1 Å².